The van der Waals surface area contributed by atoms with Crippen LogP contribution >= 0.6 is 0 Å². The molecule has 0 atom stereocenters. The molecule has 1 aromatic heterocycles. The van der Waals surface area contributed by atoms with Gasteiger partial charge in [0.25, 0.3) is 0 Å². The zero-order chi connectivity index (χ0) is 12.5. The van der Waals surface area contributed by atoms with Crippen molar-refractivity contribution in [1.82, 2.24) is 4.98 Å². The van der Waals surface area contributed by atoms with Crippen LogP contribution < -0.4 is 4.90 Å². The van der Waals surface area contributed by atoms with Crippen LogP contribution in [0.2, 0.25) is 0 Å². The molecule has 5 heteroatoms. The summed E-state index contributed by atoms with van der Waals surface area (Å²) in [6, 6.07) is 4.03. The van der Waals surface area contributed by atoms with Crippen LogP contribution in [-0.2, 0) is 9.84 Å². The van der Waals surface area contributed by atoms with Crippen molar-refractivity contribution in [2.75, 3.05) is 24.2 Å². The summed E-state index contributed by atoms with van der Waals surface area (Å²) in [6.45, 7) is 3.55. The third kappa shape index (κ3) is 2.97. The molecule has 17 heavy (non-hydrogen) atoms. The minimum atomic E-state index is -2.88. The number of sulfone groups is 1. The average Bonchev–Trinajstić information content (AvgIpc) is 2.29. The lowest BCUT2D eigenvalue weighted by Gasteiger charge is -2.32. The Balaban J connectivity index is 2.02. The second-order valence-corrected chi connectivity index (χ2v) is 7.00. The molecular weight excluding hydrogens is 236 g/mol. The van der Waals surface area contributed by atoms with Crippen LogP contribution in [-0.4, -0.2) is 38.0 Å². The molecule has 1 aromatic rings. The highest BCUT2D eigenvalue weighted by molar-refractivity contribution is 7.91. The van der Waals surface area contributed by atoms with Crippen LogP contribution in [0.4, 0.5) is 5.69 Å². The van der Waals surface area contributed by atoms with E-state index in [0.717, 1.165) is 24.5 Å². The molecule has 0 aromatic carbocycles. The minimum Gasteiger partial charge on any atom is -0.370 e. The first-order chi connectivity index (χ1) is 7.97. The predicted molar refractivity (Wildman–Crippen MR) is 69.1 cm³/mol. The second kappa shape index (κ2) is 4.64. The average molecular weight is 254 g/mol. The summed E-state index contributed by atoms with van der Waals surface area (Å²) < 4.78 is 22.9. The standard InChI is InChI=1S/C12H18N2O2S/c1-10-3-4-11(9-13-10)14-7-5-12(6-8-14)17(2,15)16/h3-4,9,12H,5-8H2,1-2H3. The Morgan fingerprint density at radius 2 is 1.94 bits per heavy atom. The van der Waals surface area contributed by atoms with Crippen molar-refractivity contribution in [1.29, 1.82) is 0 Å². The maximum Gasteiger partial charge on any atom is 0.150 e. The van der Waals surface area contributed by atoms with Crippen molar-refractivity contribution in [3.8, 4) is 0 Å². The van der Waals surface area contributed by atoms with E-state index in [1.54, 1.807) is 0 Å². The van der Waals surface area contributed by atoms with Gasteiger partial charge in [0.05, 0.1) is 17.1 Å². The monoisotopic (exact) mass is 254 g/mol. The van der Waals surface area contributed by atoms with Crippen LogP contribution in [0.5, 0.6) is 0 Å². The van der Waals surface area contributed by atoms with Crippen LogP contribution in [0.1, 0.15) is 18.5 Å². The summed E-state index contributed by atoms with van der Waals surface area (Å²) >= 11 is 0. The number of pyridine rings is 1. The van der Waals surface area contributed by atoms with Crippen LogP contribution in [0.3, 0.4) is 0 Å². The summed E-state index contributed by atoms with van der Waals surface area (Å²) in [5.41, 5.74) is 2.09. The molecule has 0 radical (unpaired) electrons. The van der Waals surface area contributed by atoms with Crippen LogP contribution in [0.15, 0.2) is 18.3 Å². The Bertz CT molecular complexity index is 474. The van der Waals surface area contributed by atoms with E-state index >= 15 is 0 Å². The Morgan fingerprint density at radius 3 is 2.41 bits per heavy atom. The molecule has 0 amide bonds. The van der Waals surface area contributed by atoms with Crippen molar-refractivity contribution < 1.29 is 8.42 Å². The maximum absolute atomic E-state index is 11.4. The molecule has 0 aliphatic carbocycles. The topological polar surface area (TPSA) is 50.3 Å². The first-order valence-corrected chi connectivity index (χ1v) is 7.79. The molecule has 0 bridgehead atoms. The van der Waals surface area contributed by atoms with E-state index < -0.39 is 9.84 Å². The van der Waals surface area contributed by atoms with Crippen molar-refractivity contribution in [2.45, 2.75) is 25.0 Å². The molecule has 1 saturated heterocycles. The first-order valence-electron chi connectivity index (χ1n) is 5.83. The lowest BCUT2D eigenvalue weighted by molar-refractivity contribution is 0.534. The highest BCUT2D eigenvalue weighted by Gasteiger charge is 2.26. The number of aryl methyl sites for hydroxylation is 1. The van der Waals surface area contributed by atoms with Crippen molar-refractivity contribution in [3.05, 3.63) is 24.0 Å². The Kier molecular flexibility index (Phi) is 3.38. The number of rotatable bonds is 2. The number of nitrogens with zero attached hydrogens (tertiary/aromatic N) is 2. The molecule has 94 valence electrons. The molecule has 0 unspecified atom stereocenters. The lowest BCUT2D eigenvalue weighted by Crippen LogP contribution is -2.39. The number of aromatic nitrogens is 1. The van der Waals surface area contributed by atoms with Crippen LogP contribution in [0, 0.1) is 6.92 Å². The molecule has 1 fully saturated rings. The molecule has 0 spiro atoms. The van der Waals surface area contributed by atoms with Gasteiger partial charge in [-0.15, -0.1) is 0 Å². The fourth-order valence-corrected chi connectivity index (χ4v) is 3.26. The van der Waals surface area contributed by atoms with Crippen molar-refractivity contribution >= 4 is 15.5 Å². The van der Waals surface area contributed by atoms with Crippen molar-refractivity contribution in [2.24, 2.45) is 0 Å². The van der Waals surface area contributed by atoms with E-state index in [0.29, 0.717) is 12.8 Å². The van der Waals surface area contributed by atoms with E-state index in [1.165, 1.54) is 6.26 Å². The predicted octanol–water partition coefficient (Wildman–Crippen LogP) is 1.40. The third-order valence-corrected chi connectivity index (χ3v) is 4.99. The normalized spacial score (nSPS) is 18.4. The molecule has 0 saturated carbocycles. The quantitative estimate of drug-likeness (QED) is 0.800. The molecule has 2 heterocycles. The SMILES string of the molecule is Cc1ccc(N2CCC(S(C)(=O)=O)CC2)cn1. The summed E-state index contributed by atoms with van der Waals surface area (Å²) in [4.78, 5) is 6.46. The number of anilines is 1. The minimum absolute atomic E-state index is 0.169. The Labute approximate surface area is 103 Å². The summed E-state index contributed by atoms with van der Waals surface area (Å²) in [5, 5.41) is -0.169. The number of hydrogen-bond acceptors (Lipinski definition) is 4. The van der Waals surface area contributed by atoms with E-state index in [1.807, 2.05) is 25.3 Å². The molecular formula is C12H18N2O2S. The number of hydrogen-bond donors (Lipinski definition) is 0. The molecule has 0 N–H and O–H groups in total. The second-order valence-electron chi connectivity index (χ2n) is 4.67. The Morgan fingerprint density at radius 1 is 1.29 bits per heavy atom. The molecule has 2 rings (SSSR count). The smallest absolute Gasteiger partial charge is 0.150 e. The first kappa shape index (κ1) is 12.4. The third-order valence-electron chi connectivity index (χ3n) is 3.31. The fraction of sp³-hybridized carbons (Fsp3) is 0.583. The zero-order valence-corrected chi connectivity index (χ0v) is 11.1. The van der Waals surface area contributed by atoms with Gasteiger partial charge < -0.3 is 4.90 Å². The van der Waals surface area contributed by atoms with Gasteiger partial charge in [0.2, 0.25) is 0 Å². The van der Waals surface area contributed by atoms with E-state index in [4.69, 9.17) is 0 Å². The molecule has 1 aliphatic rings. The van der Waals surface area contributed by atoms with Gasteiger partial charge in [-0.3, -0.25) is 4.98 Å². The highest BCUT2D eigenvalue weighted by Crippen LogP contribution is 2.22. The molecule has 1 aliphatic heterocycles. The van der Waals surface area contributed by atoms with Gasteiger partial charge in [-0.1, -0.05) is 0 Å². The summed E-state index contributed by atoms with van der Waals surface area (Å²) in [7, 11) is -2.88. The molecule has 4 nitrogen and oxygen atoms in total. The van der Waals surface area contributed by atoms with E-state index in [2.05, 4.69) is 9.88 Å². The van der Waals surface area contributed by atoms with Crippen LogP contribution in [0.25, 0.3) is 0 Å². The van der Waals surface area contributed by atoms with Gasteiger partial charge in [0.15, 0.2) is 0 Å². The van der Waals surface area contributed by atoms with Crippen molar-refractivity contribution in [3.63, 3.8) is 0 Å². The van der Waals surface area contributed by atoms with E-state index in [-0.39, 0.29) is 5.25 Å². The zero-order valence-electron chi connectivity index (χ0n) is 10.3. The van der Waals surface area contributed by atoms with Gasteiger partial charge >= 0.3 is 0 Å². The maximum atomic E-state index is 11.4. The summed E-state index contributed by atoms with van der Waals surface area (Å²) in [5.74, 6) is 0. The van der Waals surface area contributed by atoms with Gasteiger partial charge in [-0.2, -0.15) is 0 Å². The fourth-order valence-electron chi connectivity index (χ4n) is 2.19. The van der Waals surface area contributed by atoms with Gasteiger partial charge in [-0.25, -0.2) is 8.42 Å². The van der Waals surface area contributed by atoms with Gasteiger partial charge in [0, 0.05) is 25.0 Å². The number of piperidine rings is 1. The highest BCUT2D eigenvalue weighted by atomic mass is 32.2. The largest absolute Gasteiger partial charge is 0.370 e. The van der Waals surface area contributed by atoms with Gasteiger partial charge in [0.1, 0.15) is 9.84 Å². The summed E-state index contributed by atoms with van der Waals surface area (Å²) in [6.07, 6.45) is 4.62. The Hall–Kier alpha value is -1.10. The van der Waals surface area contributed by atoms with E-state index in [9.17, 15) is 8.42 Å². The van der Waals surface area contributed by atoms with Gasteiger partial charge in [-0.05, 0) is 31.9 Å². The lowest BCUT2D eigenvalue weighted by atomic mass is 10.1.